The summed E-state index contributed by atoms with van der Waals surface area (Å²) in [6, 6.07) is 4.56. The molecule has 1 rings (SSSR count). The number of hydrogen-bond donors (Lipinski definition) is 3. The van der Waals surface area contributed by atoms with Crippen molar-refractivity contribution in [2.75, 3.05) is 17.6 Å². The number of terminal acetylenes is 1. The second-order valence-electron chi connectivity index (χ2n) is 5.32. The Morgan fingerprint density at radius 1 is 1.38 bits per heavy atom. The number of nitrogen functional groups attached to an aromatic ring is 1. The molecule has 0 saturated heterocycles. The molecule has 0 atom stereocenters. The summed E-state index contributed by atoms with van der Waals surface area (Å²) in [7, 11) is 0. The van der Waals surface area contributed by atoms with Gasteiger partial charge in [-0.1, -0.05) is 5.92 Å². The second-order valence-corrected chi connectivity index (χ2v) is 5.32. The minimum absolute atomic E-state index is 0.0828. The quantitative estimate of drug-likeness (QED) is 0.586. The number of nitrogens with one attached hydrogen (secondary N) is 2. The summed E-state index contributed by atoms with van der Waals surface area (Å²) >= 11 is 0. The van der Waals surface area contributed by atoms with E-state index in [0.717, 1.165) is 0 Å². The Kier molecular flexibility index (Phi) is 5.19. The average Bonchev–Trinajstić information content (AvgIpc) is 2.35. The molecule has 0 spiro atoms. The van der Waals surface area contributed by atoms with Crippen LogP contribution in [-0.2, 0) is 4.74 Å². The van der Waals surface area contributed by atoms with Crippen molar-refractivity contribution in [1.82, 2.24) is 5.32 Å². The second kappa shape index (κ2) is 6.66. The Labute approximate surface area is 124 Å². The van der Waals surface area contributed by atoms with E-state index >= 15 is 0 Å². The van der Waals surface area contributed by atoms with Crippen molar-refractivity contribution in [1.29, 1.82) is 0 Å². The fourth-order valence-corrected chi connectivity index (χ4v) is 1.50. The largest absolute Gasteiger partial charge is 0.444 e. The summed E-state index contributed by atoms with van der Waals surface area (Å²) < 4.78 is 5.14. The summed E-state index contributed by atoms with van der Waals surface area (Å²) in [6.07, 6.45) is 4.44. The van der Waals surface area contributed by atoms with Gasteiger partial charge < -0.3 is 15.8 Å². The molecule has 112 valence electrons. The van der Waals surface area contributed by atoms with Crippen molar-refractivity contribution >= 4 is 23.4 Å². The maximum Gasteiger partial charge on any atom is 0.412 e. The molecular weight excluding hydrogens is 270 g/mol. The van der Waals surface area contributed by atoms with Crippen LogP contribution in [0.2, 0.25) is 0 Å². The van der Waals surface area contributed by atoms with Crippen LogP contribution in [0.5, 0.6) is 0 Å². The number of ether oxygens (including phenoxy) is 1. The van der Waals surface area contributed by atoms with E-state index in [1.54, 1.807) is 26.8 Å². The van der Waals surface area contributed by atoms with Crippen LogP contribution in [-0.4, -0.2) is 24.1 Å². The maximum atomic E-state index is 12.0. The van der Waals surface area contributed by atoms with Gasteiger partial charge in [-0.05, 0) is 39.0 Å². The Bertz CT molecular complexity index is 583. The highest BCUT2D eigenvalue weighted by atomic mass is 16.6. The van der Waals surface area contributed by atoms with Gasteiger partial charge in [0, 0.05) is 5.69 Å². The molecule has 0 heterocycles. The van der Waals surface area contributed by atoms with Gasteiger partial charge in [-0.2, -0.15) is 0 Å². The third-order valence-electron chi connectivity index (χ3n) is 2.27. The van der Waals surface area contributed by atoms with E-state index in [1.807, 2.05) is 0 Å². The molecule has 6 nitrogen and oxygen atoms in total. The van der Waals surface area contributed by atoms with Gasteiger partial charge in [0.25, 0.3) is 5.91 Å². The molecule has 0 radical (unpaired) electrons. The molecule has 0 aliphatic rings. The van der Waals surface area contributed by atoms with Gasteiger partial charge >= 0.3 is 6.09 Å². The van der Waals surface area contributed by atoms with E-state index < -0.39 is 17.6 Å². The number of nitrogens with two attached hydrogens (primary N) is 1. The van der Waals surface area contributed by atoms with Crippen molar-refractivity contribution in [3.63, 3.8) is 0 Å². The summed E-state index contributed by atoms with van der Waals surface area (Å²) in [5.41, 5.74) is 5.94. The van der Waals surface area contributed by atoms with Crippen molar-refractivity contribution < 1.29 is 14.3 Å². The lowest BCUT2D eigenvalue weighted by atomic mass is 10.1. The molecule has 0 saturated carbocycles. The Hall–Kier alpha value is -2.68. The SMILES string of the molecule is C#CCNC(=O)c1cc(N)ccc1NC(=O)OC(C)(C)C. The van der Waals surface area contributed by atoms with Gasteiger partial charge in [0.15, 0.2) is 0 Å². The number of hydrogen-bond acceptors (Lipinski definition) is 4. The first-order chi connectivity index (χ1) is 9.73. The lowest BCUT2D eigenvalue weighted by molar-refractivity contribution is 0.0636. The molecule has 0 bridgehead atoms. The normalized spacial score (nSPS) is 10.4. The fourth-order valence-electron chi connectivity index (χ4n) is 1.50. The zero-order chi connectivity index (χ0) is 16.0. The summed E-state index contributed by atoms with van der Waals surface area (Å²) in [4.78, 5) is 23.8. The van der Waals surface area contributed by atoms with Crippen LogP contribution in [0.25, 0.3) is 0 Å². The zero-order valence-corrected chi connectivity index (χ0v) is 12.3. The molecular formula is C15H19N3O3. The van der Waals surface area contributed by atoms with Crippen molar-refractivity contribution in [2.45, 2.75) is 26.4 Å². The number of anilines is 2. The van der Waals surface area contributed by atoms with E-state index in [1.165, 1.54) is 12.1 Å². The van der Waals surface area contributed by atoms with Crippen molar-refractivity contribution in [2.24, 2.45) is 0 Å². The highest BCUT2D eigenvalue weighted by Crippen LogP contribution is 2.20. The average molecular weight is 289 g/mol. The standard InChI is InChI=1S/C15H19N3O3/c1-5-8-17-13(19)11-9-10(16)6-7-12(11)18-14(20)21-15(2,3)4/h1,6-7,9H,8,16H2,2-4H3,(H,17,19)(H,18,20). The summed E-state index contributed by atoms with van der Waals surface area (Å²) in [6.45, 7) is 5.32. The minimum Gasteiger partial charge on any atom is -0.444 e. The van der Waals surface area contributed by atoms with Gasteiger partial charge in [-0.25, -0.2) is 4.79 Å². The van der Waals surface area contributed by atoms with E-state index in [-0.39, 0.29) is 12.1 Å². The van der Waals surface area contributed by atoms with E-state index in [2.05, 4.69) is 16.6 Å². The first-order valence-electron chi connectivity index (χ1n) is 6.34. The molecule has 0 unspecified atom stereocenters. The highest BCUT2D eigenvalue weighted by molar-refractivity contribution is 6.03. The number of rotatable bonds is 3. The molecule has 21 heavy (non-hydrogen) atoms. The molecule has 1 aromatic rings. The topological polar surface area (TPSA) is 93.5 Å². The predicted octanol–water partition coefficient (Wildman–Crippen LogP) is 1.98. The lowest BCUT2D eigenvalue weighted by Gasteiger charge is -2.20. The van der Waals surface area contributed by atoms with E-state index in [9.17, 15) is 9.59 Å². The molecule has 0 aliphatic heterocycles. The minimum atomic E-state index is -0.654. The van der Waals surface area contributed by atoms with Gasteiger partial charge in [0.05, 0.1) is 17.8 Å². The fraction of sp³-hybridized carbons (Fsp3) is 0.333. The van der Waals surface area contributed by atoms with Gasteiger partial charge in [-0.15, -0.1) is 6.42 Å². The van der Waals surface area contributed by atoms with Gasteiger partial charge in [0.2, 0.25) is 0 Å². The summed E-state index contributed by atoms with van der Waals surface area (Å²) in [5, 5.41) is 5.04. The number of benzene rings is 1. The molecule has 0 aliphatic carbocycles. The first-order valence-corrected chi connectivity index (χ1v) is 6.34. The Morgan fingerprint density at radius 3 is 2.62 bits per heavy atom. The number of carbonyl (C=O) groups is 2. The monoisotopic (exact) mass is 289 g/mol. The van der Waals surface area contributed by atoms with Gasteiger partial charge in [0.1, 0.15) is 5.60 Å². The Morgan fingerprint density at radius 2 is 2.05 bits per heavy atom. The summed E-state index contributed by atoms with van der Waals surface area (Å²) in [5.74, 6) is 1.87. The number of carbonyl (C=O) groups excluding carboxylic acids is 2. The van der Waals surface area contributed by atoms with Crippen LogP contribution in [0.15, 0.2) is 18.2 Å². The van der Waals surface area contributed by atoms with Crippen LogP contribution in [0.3, 0.4) is 0 Å². The van der Waals surface area contributed by atoms with Crippen LogP contribution in [0, 0.1) is 12.3 Å². The lowest BCUT2D eigenvalue weighted by Crippen LogP contribution is -2.29. The number of amides is 2. The predicted molar refractivity (Wildman–Crippen MR) is 81.9 cm³/mol. The van der Waals surface area contributed by atoms with Crippen LogP contribution in [0.1, 0.15) is 31.1 Å². The van der Waals surface area contributed by atoms with Crippen LogP contribution in [0.4, 0.5) is 16.2 Å². The zero-order valence-electron chi connectivity index (χ0n) is 12.3. The Balaban J connectivity index is 2.94. The third kappa shape index (κ3) is 5.45. The van der Waals surface area contributed by atoms with Crippen molar-refractivity contribution in [3.05, 3.63) is 23.8 Å². The third-order valence-corrected chi connectivity index (χ3v) is 2.27. The molecule has 0 aromatic heterocycles. The molecule has 2 amide bonds. The molecule has 1 aromatic carbocycles. The smallest absolute Gasteiger partial charge is 0.412 e. The van der Waals surface area contributed by atoms with Crippen LogP contribution < -0.4 is 16.4 Å². The van der Waals surface area contributed by atoms with Gasteiger partial charge in [-0.3, -0.25) is 10.1 Å². The highest BCUT2D eigenvalue weighted by Gasteiger charge is 2.19. The van der Waals surface area contributed by atoms with Crippen molar-refractivity contribution in [3.8, 4) is 12.3 Å². The molecule has 0 fully saturated rings. The van der Waals surface area contributed by atoms with E-state index in [4.69, 9.17) is 16.9 Å². The van der Waals surface area contributed by atoms with E-state index in [0.29, 0.717) is 11.4 Å². The first kappa shape index (κ1) is 16.4. The van der Waals surface area contributed by atoms with Crippen LogP contribution >= 0.6 is 0 Å². The molecule has 6 heteroatoms. The maximum absolute atomic E-state index is 12.0. The molecule has 4 N–H and O–H groups in total.